The molecule has 240 valence electrons. The maximum Gasteiger partial charge on any atom is 0.263 e. The second kappa shape index (κ2) is 20.6. The fourth-order valence-corrected chi connectivity index (χ4v) is 5.84. The molecule has 3 aromatic rings. The molecule has 1 amide bonds. The number of carbonyl (C=O) groups is 1. The SMILES string of the molecule is CCCCCCCCCCCCc1oc(-c2ccccc2)c(C(=O)Nc2ccc(O)cc2)c(=O)c1CCCCCCCCC. The first-order valence-corrected chi connectivity index (χ1v) is 17.4. The highest BCUT2D eigenvalue weighted by molar-refractivity contribution is 6.07. The predicted octanol–water partition coefficient (Wildman–Crippen LogP) is 11.0. The zero-order valence-corrected chi connectivity index (χ0v) is 27.3. The largest absolute Gasteiger partial charge is 0.508 e. The number of anilines is 1. The lowest BCUT2D eigenvalue weighted by Crippen LogP contribution is -2.26. The van der Waals surface area contributed by atoms with Gasteiger partial charge in [0.1, 0.15) is 17.1 Å². The summed E-state index contributed by atoms with van der Waals surface area (Å²) in [6.45, 7) is 4.48. The van der Waals surface area contributed by atoms with Crippen molar-refractivity contribution in [3.63, 3.8) is 0 Å². The molecule has 0 fully saturated rings. The van der Waals surface area contributed by atoms with Gasteiger partial charge in [-0.1, -0.05) is 140 Å². The number of hydrogen-bond acceptors (Lipinski definition) is 4. The smallest absolute Gasteiger partial charge is 0.263 e. The van der Waals surface area contributed by atoms with E-state index in [1.807, 2.05) is 30.3 Å². The molecular formula is C39H55NO4. The topological polar surface area (TPSA) is 79.5 Å². The summed E-state index contributed by atoms with van der Waals surface area (Å²) in [7, 11) is 0. The third kappa shape index (κ3) is 12.0. The molecule has 1 aromatic heterocycles. The summed E-state index contributed by atoms with van der Waals surface area (Å²) in [5.41, 5.74) is 1.71. The van der Waals surface area contributed by atoms with Crippen LogP contribution in [-0.4, -0.2) is 11.0 Å². The normalized spacial score (nSPS) is 11.1. The molecule has 5 heteroatoms. The molecule has 1 heterocycles. The molecule has 0 aliphatic heterocycles. The van der Waals surface area contributed by atoms with Gasteiger partial charge in [-0.25, -0.2) is 0 Å². The average molecular weight is 602 g/mol. The third-order valence-electron chi connectivity index (χ3n) is 8.47. The minimum atomic E-state index is -0.491. The Balaban J connectivity index is 1.80. The van der Waals surface area contributed by atoms with Crippen LogP contribution in [0.15, 0.2) is 63.8 Å². The Hall–Kier alpha value is -3.34. The second-order valence-electron chi connectivity index (χ2n) is 12.2. The van der Waals surface area contributed by atoms with E-state index >= 15 is 0 Å². The van der Waals surface area contributed by atoms with Crippen molar-refractivity contribution in [2.24, 2.45) is 0 Å². The van der Waals surface area contributed by atoms with Crippen molar-refractivity contribution < 1.29 is 14.3 Å². The first-order chi connectivity index (χ1) is 21.5. The van der Waals surface area contributed by atoms with E-state index in [1.54, 1.807) is 12.1 Å². The molecule has 0 unspecified atom stereocenters. The molecule has 0 saturated heterocycles. The summed E-state index contributed by atoms with van der Waals surface area (Å²) in [5.74, 6) is 0.688. The van der Waals surface area contributed by atoms with Crippen LogP contribution in [0.1, 0.15) is 145 Å². The fourth-order valence-electron chi connectivity index (χ4n) is 5.84. The molecule has 0 bridgehead atoms. The minimum Gasteiger partial charge on any atom is -0.508 e. The van der Waals surface area contributed by atoms with E-state index in [0.717, 1.165) is 37.9 Å². The number of unbranched alkanes of at least 4 members (excludes halogenated alkanes) is 15. The highest BCUT2D eigenvalue weighted by atomic mass is 16.3. The van der Waals surface area contributed by atoms with E-state index < -0.39 is 5.91 Å². The predicted molar refractivity (Wildman–Crippen MR) is 184 cm³/mol. The van der Waals surface area contributed by atoms with Crippen molar-refractivity contribution in [3.05, 3.63) is 81.7 Å². The van der Waals surface area contributed by atoms with Crippen LogP contribution in [0.25, 0.3) is 11.3 Å². The number of carbonyl (C=O) groups excluding carboxylic acids is 1. The minimum absolute atomic E-state index is 0.0500. The van der Waals surface area contributed by atoms with Gasteiger partial charge in [-0.2, -0.15) is 0 Å². The number of aryl methyl sites for hydroxylation is 1. The second-order valence-corrected chi connectivity index (χ2v) is 12.2. The van der Waals surface area contributed by atoms with E-state index in [2.05, 4.69) is 19.2 Å². The van der Waals surface area contributed by atoms with Crippen molar-refractivity contribution >= 4 is 11.6 Å². The molecule has 0 aliphatic carbocycles. The highest BCUT2D eigenvalue weighted by Crippen LogP contribution is 2.28. The van der Waals surface area contributed by atoms with Crippen molar-refractivity contribution in [2.75, 3.05) is 5.32 Å². The number of aromatic hydroxyl groups is 1. The summed E-state index contributed by atoms with van der Waals surface area (Å²) in [6, 6.07) is 15.7. The van der Waals surface area contributed by atoms with Gasteiger partial charge in [0, 0.05) is 23.2 Å². The summed E-state index contributed by atoms with van der Waals surface area (Å²) in [5, 5.41) is 12.5. The van der Waals surface area contributed by atoms with Gasteiger partial charge in [0.2, 0.25) is 5.43 Å². The Kier molecular flexibility index (Phi) is 16.4. The molecule has 3 rings (SSSR count). The van der Waals surface area contributed by atoms with Gasteiger partial charge in [0.25, 0.3) is 5.91 Å². The number of phenolic OH excluding ortho intramolecular Hbond substituents is 1. The maximum atomic E-state index is 14.2. The lowest BCUT2D eigenvalue weighted by molar-refractivity contribution is 0.102. The van der Waals surface area contributed by atoms with Gasteiger partial charge in [0.15, 0.2) is 5.76 Å². The van der Waals surface area contributed by atoms with Gasteiger partial charge in [-0.15, -0.1) is 0 Å². The van der Waals surface area contributed by atoms with Gasteiger partial charge < -0.3 is 14.8 Å². The molecule has 2 N–H and O–H groups in total. The number of amides is 1. The van der Waals surface area contributed by atoms with Crippen LogP contribution in [0.4, 0.5) is 5.69 Å². The molecule has 0 aliphatic rings. The van der Waals surface area contributed by atoms with Crippen LogP contribution in [0.2, 0.25) is 0 Å². The summed E-state index contributed by atoms with van der Waals surface area (Å²) in [6.07, 6.45) is 21.9. The molecular weight excluding hydrogens is 546 g/mol. The molecule has 0 spiro atoms. The van der Waals surface area contributed by atoms with Crippen LogP contribution in [0.5, 0.6) is 5.75 Å². The Morgan fingerprint density at radius 1 is 0.659 bits per heavy atom. The van der Waals surface area contributed by atoms with E-state index in [4.69, 9.17) is 4.42 Å². The molecule has 5 nitrogen and oxygen atoms in total. The van der Waals surface area contributed by atoms with Gasteiger partial charge in [0.05, 0.1) is 0 Å². The summed E-state index contributed by atoms with van der Waals surface area (Å²) < 4.78 is 6.58. The van der Waals surface area contributed by atoms with Crippen molar-refractivity contribution in [3.8, 4) is 17.1 Å². The van der Waals surface area contributed by atoms with E-state index in [1.165, 1.54) is 89.2 Å². The summed E-state index contributed by atoms with van der Waals surface area (Å²) in [4.78, 5) is 27.9. The quantitative estimate of drug-likeness (QED) is 0.0887. The number of nitrogens with one attached hydrogen (secondary N) is 1. The van der Waals surface area contributed by atoms with Gasteiger partial charge in [-0.3, -0.25) is 9.59 Å². The lowest BCUT2D eigenvalue weighted by Gasteiger charge is -2.15. The number of hydrogen-bond donors (Lipinski definition) is 2. The Morgan fingerprint density at radius 3 is 1.70 bits per heavy atom. The Labute approximate surface area is 265 Å². The number of benzene rings is 2. The maximum absolute atomic E-state index is 14.2. The van der Waals surface area contributed by atoms with Gasteiger partial charge in [-0.05, 0) is 43.5 Å². The summed E-state index contributed by atoms with van der Waals surface area (Å²) >= 11 is 0. The third-order valence-corrected chi connectivity index (χ3v) is 8.47. The monoisotopic (exact) mass is 601 g/mol. The molecule has 0 atom stereocenters. The van der Waals surface area contributed by atoms with Crippen LogP contribution >= 0.6 is 0 Å². The zero-order valence-electron chi connectivity index (χ0n) is 27.3. The first kappa shape index (κ1) is 35.1. The van der Waals surface area contributed by atoms with Crippen molar-refractivity contribution in [2.45, 2.75) is 136 Å². The van der Waals surface area contributed by atoms with Gasteiger partial charge >= 0.3 is 0 Å². The number of rotatable bonds is 22. The molecule has 2 aromatic carbocycles. The number of phenols is 1. The fraction of sp³-hybridized carbons (Fsp3) is 0.538. The van der Waals surface area contributed by atoms with Crippen molar-refractivity contribution in [1.29, 1.82) is 0 Å². The Bertz CT molecular complexity index is 1280. The highest BCUT2D eigenvalue weighted by Gasteiger charge is 2.25. The van der Waals surface area contributed by atoms with E-state index in [0.29, 0.717) is 35.4 Å². The van der Waals surface area contributed by atoms with Crippen LogP contribution in [0.3, 0.4) is 0 Å². The van der Waals surface area contributed by atoms with Crippen LogP contribution < -0.4 is 10.7 Å². The van der Waals surface area contributed by atoms with Crippen LogP contribution in [0, 0.1) is 0 Å². The standard InChI is InChI=1S/C39H55NO4/c1-3-5-7-9-11-12-13-15-17-22-26-35-34(25-21-16-14-10-8-6-4-2)37(42)36(38(44-35)31-23-19-18-20-24-31)39(43)40-32-27-29-33(41)30-28-32/h18-20,23-24,27-30,41H,3-17,21-22,25-26H2,1-2H3,(H,40,43). The lowest BCUT2D eigenvalue weighted by atomic mass is 9.96. The average Bonchev–Trinajstić information content (AvgIpc) is 3.03. The van der Waals surface area contributed by atoms with E-state index in [9.17, 15) is 14.7 Å². The van der Waals surface area contributed by atoms with Crippen LogP contribution in [-0.2, 0) is 12.8 Å². The van der Waals surface area contributed by atoms with Crippen molar-refractivity contribution in [1.82, 2.24) is 0 Å². The molecule has 0 radical (unpaired) electrons. The zero-order chi connectivity index (χ0) is 31.4. The molecule has 44 heavy (non-hydrogen) atoms. The van der Waals surface area contributed by atoms with E-state index in [-0.39, 0.29) is 16.7 Å². The Morgan fingerprint density at radius 2 is 1.16 bits per heavy atom. The first-order valence-electron chi connectivity index (χ1n) is 17.4. The molecule has 0 saturated carbocycles.